The molecule has 6 heteroatoms. The molecule has 1 saturated heterocycles. The molecule has 1 aliphatic rings. The summed E-state index contributed by atoms with van der Waals surface area (Å²) in [5.74, 6) is 0.134. The summed E-state index contributed by atoms with van der Waals surface area (Å²) in [4.78, 5) is 30.1. The van der Waals surface area contributed by atoms with Crippen molar-refractivity contribution in [2.75, 3.05) is 23.9 Å². The smallest absolute Gasteiger partial charge is 0.229 e. The molecule has 0 spiro atoms. The van der Waals surface area contributed by atoms with Crippen LogP contribution >= 0.6 is 0 Å². The van der Waals surface area contributed by atoms with E-state index in [4.69, 9.17) is 4.74 Å². The molecule has 118 valence electrons. The zero-order valence-electron chi connectivity index (χ0n) is 12.7. The normalized spacial score (nSPS) is 17.2. The van der Waals surface area contributed by atoms with Gasteiger partial charge in [-0.1, -0.05) is 0 Å². The van der Waals surface area contributed by atoms with Gasteiger partial charge in [-0.05, 0) is 36.4 Å². The number of anilines is 2. The van der Waals surface area contributed by atoms with Crippen LogP contribution in [-0.2, 0) is 9.59 Å². The topological polar surface area (TPSA) is 71.5 Å². The summed E-state index contributed by atoms with van der Waals surface area (Å²) in [5, 5.41) is 2.84. The molecule has 6 nitrogen and oxygen atoms in total. The SMILES string of the molecule is COc1ccc(NC(=O)C2CC(=O)N(c3cccnc3)C2)cc1. The molecule has 1 aromatic carbocycles. The molecule has 1 aromatic heterocycles. The summed E-state index contributed by atoms with van der Waals surface area (Å²) in [5.41, 5.74) is 1.40. The van der Waals surface area contributed by atoms with Crippen molar-refractivity contribution in [3.63, 3.8) is 0 Å². The molecule has 0 aliphatic carbocycles. The molecule has 0 bridgehead atoms. The number of rotatable bonds is 4. The Morgan fingerprint density at radius 2 is 2.09 bits per heavy atom. The van der Waals surface area contributed by atoms with Crippen molar-refractivity contribution in [3.8, 4) is 5.75 Å². The Morgan fingerprint density at radius 1 is 1.30 bits per heavy atom. The van der Waals surface area contributed by atoms with Gasteiger partial charge in [-0.3, -0.25) is 14.6 Å². The maximum atomic E-state index is 12.4. The second kappa shape index (κ2) is 6.48. The molecule has 1 unspecified atom stereocenters. The highest BCUT2D eigenvalue weighted by molar-refractivity contribution is 6.03. The highest BCUT2D eigenvalue weighted by atomic mass is 16.5. The molecule has 23 heavy (non-hydrogen) atoms. The minimum Gasteiger partial charge on any atom is -0.497 e. The van der Waals surface area contributed by atoms with Crippen molar-refractivity contribution in [2.24, 2.45) is 5.92 Å². The zero-order valence-corrected chi connectivity index (χ0v) is 12.7. The van der Waals surface area contributed by atoms with Crippen LogP contribution in [0.25, 0.3) is 0 Å². The number of carbonyl (C=O) groups excluding carboxylic acids is 2. The summed E-state index contributed by atoms with van der Waals surface area (Å²) >= 11 is 0. The number of hydrogen-bond acceptors (Lipinski definition) is 4. The van der Waals surface area contributed by atoms with Gasteiger partial charge in [-0.15, -0.1) is 0 Å². The lowest BCUT2D eigenvalue weighted by atomic mass is 10.1. The van der Waals surface area contributed by atoms with Crippen LogP contribution in [0.1, 0.15) is 6.42 Å². The molecule has 2 heterocycles. The number of aromatic nitrogens is 1. The number of nitrogens with one attached hydrogen (secondary N) is 1. The summed E-state index contributed by atoms with van der Waals surface area (Å²) in [6, 6.07) is 10.7. The Kier molecular flexibility index (Phi) is 4.23. The van der Waals surface area contributed by atoms with Crippen molar-refractivity contribution in [1.82, 2.24) is 4.98 Å². The third-order valence-corrected chi connectivity index (χ3v) is 3.81. The molecule has 2 aromatic rings. The Bertz CT molecular complexity index is 701. The second-order valence-electron chi connectivity index (χ2n) is 5.33. The fourth-order valence-corrected chi connectivity index (χ4v) is 2.56. The largest absolute Gasteiger partial charge is 0.497 e. The third-order valence-electron chi connectivity index (χ3n) is 3.81. The Hall–Kier alpha value is -2.89. The molecule has 2 amide bonds. The van der Waals surface area contributed by atoms with Gasteiger partial charge in [0.05, 0.1) is 24.9 Å². The number of methoxy groups -OCH3 is 1. The lowest BCUT2D eigenvalue weighted by molar-refractivity contribution is -0.122. The van der Waals surface area contributed by atoms with E-state index in [0.29, 0.717) is 12.2 Å². The molecule has 0 radical (unpaired) electrons. The molecular formula is C17H17N3O3. The quantitative estimate of drug-likeness (QED) is 0.938. The predicted octanol–water partition coefficient (Wildman–Crippen LogP) is 2.08. The van der Waals surface area contributed by atoms with Crippen molar-refractivity contribution >= 4 is 23.2 Å². The van der Waals surface area contributed by atoms with Crippen LogP contribution < -0.4 is 15.0 Å². The van der Waals surface area contributed by atoms with Gasteiger partial charge in [0.1, 0.15) is 5.75 Å². The third kappa shape index (κ3) is 3.31. The molecule has 0 saturated carbocycles. The first-order valence-corrected chi connectivity index (χ1v) is 7.32. The summed E-state index contributed by atoms with van der Waals surface area (Å²) in [6.45, 7) is 0.368. The Labute approximate surface area is 134 Å². The van der Waals surface area contributed by atoms with E-state index in [1.54, 1.807) is 54.7 Å². The van der Waals surface area contributed by atoms with Gasteiger partial charge in [0.15, 0.2) is 0 Å². The maximum absolute atomic E-state index is 12.4. The summed E-state index contributed by atoms with van der Waals surface area (Å²) in [7, 11) is 1.59. The van der Waals surface area contributed by atoms with Crippen molar-refractivity contribution < 1.29 is 14.3 Å². The molecule has 1 fully saturated rings. The standard InChI is InChI=1S/C17H17N3O3/c1-23-15-6-4-13(5-7-15)19-17(22)12-9-16(21)20(11-12)14-3-2-8-18-10-14/h2-8,10,12H,9,11H2,1H3,(H,19,22). The van der Waals surface area contributed by atoms with Crippen LogP contribution in [0.3, 0.4) is 0 Å². The Morgan fingerprint density at radius 3 is 2.74 bits per heavy atom. The molecular weight excluding hydrogens is 294 g/mol. The van der Waals surface area contributed by atoms with Gasteiger partial charge in [0.25, 0.3) is 0 Å². The van der Waals surface area contributed by atoms with E-state index >= 15 is 0 Å². The van der Waals surface area contributed by atoms with Gasteiger partial charge >= 0.3 is 0 Å². The highest BCUT2D eigenvalue weighted by Gasteiger charge is 2.35. The average molecular weight is 311 g/mol. The number of benzene rings is 1. The van der Waals surface area contributed by atoms with Gasteiger partial charge in [-0.25, -0.2) is 0 Å². The first-order valence-electron chi connectivity index (χ1n) is 7.32. The van der Waals surface area contributed by atoms with Crippen molar-refractivity contribution in [2.45, 2.75) is 6.42 Å². The lowest BCUT2D eigenvalue weighted by Crippen LogP contribution is -2.28. The number of hydrogen-bond donors (Lipinski definition) is 1. The molecule has 3 rings (SSSR count). The van der Waals surface area contributed by atoms with Crippen LogP contribution in [0, 0.1) is 5.92 Å². The van der Waals surface area contributed by atoms with Gasteiger partial charge in [-0.2, -0.15) is 0 Å². The van der Waals surface area contributed by atoms with E-state index in [0.717, 1.165) is 11.4 Å². The lowest BCUT2D eigenvalue weighted by Gasteiger charge is -2.16. The van der Waals surface area contributed by atoms with E-state index in [9.17, 15) is 9.59 Å². The number of amides is 2. The first-order chi connectivity index (χ1) is 11.2. The minimum atomic E-state index is -0.371. The van der Waals surface area contributed by atoms with E-state index in [-0.39, 0.29) is 24.2 Å². The fourth-order valence-electron chi connectivity index (χ4n) is 2.56. The zero-order chi connectivity index (χ0) is 16.2. The van der Waals surface area contributed by atoms with Crippen molar-refractivity contribution in [1.29, 1.82) is 0 Å². The van der Waals surface area contributed by atoms with Crippen LogP contribution in [0.15, 0.2) is 48.8 Å². The van der Waals surface area contributed by atoms with Crippen LogP contribution in [0.2, 0.25) is 0 Å². The second-order valence-corrected chi connectivity index (χ2v) is 5.33. The van der Waals surface area contributed by atoms with Gasteiger partial charge < -0.3 is 15.0 Å². The molecule has 1 N–H and O–H groups in total. The monoisotopic (exact) mass is 311 g/mol. The average Bonchev–Trinajstić information content (AvgIpc) is 2.98. The van der Waals surface area contributed by atoms with Crippen LogP contribution in [0.4, 0.5) is 11.4 Å². The predicted molar refractivity (Wildman–Crippen MR) is 86.3 cm³/mol. The molecule has 1 aliphatic heterocycles. The van der Waals surface area contributed by atoms with Gasteiger partial charge in [0.2, 0.25) is 11.8 Å². The first kappa shape index (κ1) is 15.0. The maximum Gasteiger partial charge on any atom is 0.229 e. The van der Waals surface area contributed by atoms with Crippen molar-refractivity contribution in [3.05, 3.63) is 48.8 Å². The van der Waals surface area contributed by atoms with E-state index < -0.39 is 0 Å². The van der Waals surface area contributed by atoms with Crippen LogP contribution in [-0.4, -0.2) is 30.5 Å². The minimum absolute atomic E-state index is 0.0621. The number of pyridine rings is 1. The van der Waals surface area contributed by atoms with Crippen LogP contribution in [0.5, 0.6) is 5.75 Å². The number of ether oxygens (including phenoxy) is 1. The highest BCUT2D eigenvalue weighted by Crippen LogP contribution is 2.25. The van der Waals surface area contributed by atoms with E-state index in [1.165, 1.54) is 0 Å². The van der Waals surface area contributed by atoms with E-state index in [2.05, 4.69) is 10.3 Å². The summed E-state index contributed by atoms with van der Waals surface area (Å²) < 4.78 is 5.08. The van der Waals surface area contributed by atoms with Gasteiger partial charge in [0, 0.05) is 24.8 Å². The van der Waals surface area contributed by atoms with E-state index in [1.807, 2.05) is 6.07 Å². The Balaban J connectivity index is 1.65. The summed E-state index contributed by atoms with van der Waals surface area (Å²) in [6.07, 6.45) is 3.48. The number of nitrogens with zero attached hydrogens (tertiary/aromatic N) is 2. The fraction of sp³-hybridized carbons (Fsp3) is 0.235. The molecule has 1 atom stereocenters. The number of carbonyl (C=O) groups is 2.